The summed E-state index contributed by atoms with van der Waals surface area (Å²) in [6.45, 7) is 2.07. The molecule has 2 rings (SSSR count). The molecule has 0 atom stereocenters. The molecule has 1 aromatic heterocycles. The summed E-state index contributed by atoms with van der Waals surface area (Å²) in [5.74, 6) is 0. The highest BCUT2D eigenvalue weighted by Gasteiger charge is 1.90. The molecule has 2 aromatic rings. The van der Waals surface area contributed by atoms with Gasteiger partial charge >= 0.3 is 0 Å². The van der Waals surface area contributed by atoms with Gasteiger partial charge in [-0.2, -0.15) is 0 Å². The smallest absolute Gasteiger partial charge is 0.0455 e. The topological polar surface area (TPSA) is 15.8 Å². The predicted molar refractivity (Wildman–Crippen MR) is 60.7 cm³/mol. The van der Waals surface area contributed by atoms with Gasteiger partial charge in [0.25, 0.3) is 0 Å². The summed E-state index contributed by atoms with van der Waals surface area (Å²) in [5.41, 5.74) is 2.36. The Hall–Kier alpha value is -1.76. The van der Waals surface area contributed by atoms with E-state index in [1.165, 1.54) is 16.6 Å². The zero-order chi connectivity index (χ0) is 9.80. The van der Waals surface area contributed by atoms with E-state index in [2.05, 4.69) is 36.2 Å². The van der Waals surface area contributed by atoms with Gasteiger partial charge in [0.1, 0.15) is 0 Å². The number of hydrogen-bond donors (Lipinski definition) is 1. The number of H-pyrrole nitrogens is 1. The fourth-order valence-electron chi connectivity index (χ4n) is 1.48. The minimum absolute atomic E-state index is 1.17. The first-order chi connectivity index (χ1) is 6.86. The molecular weight excluding hydrogens is 170 g/mol. The molecule has 0 unspecified atom stereocenters. The van der Waals surface area contributed by atoms with Crippen molar-refractivity contribution < 1.29 is 0 Å². The first-order valence-corrected chi connectivity index (χ1v) is 4.74. The van der Waals surface area contributed by atoms with Crippen LogP contribution in [0, 0.1) is 6.92 Å². The molecule has 0 saturated heterocycles. The maximum Gasteiger partial charge on any atom is 0.0455 e. The van der Waals surface area contributed by atoms with E-state index in [0.29, 0.717) is 0 Å². The normalized spacial score (nSPS) is 9.79. The quantitative estimate of drug-likeness (QED) is 0.642. The van der Waals surface area contributed by atoms with Gasteiger partial charge in [0.15, 0.2) is 0 Å². The minimum Gasteiger partial charge on any atom is -0.359 e. The Morgan fingerprint density at radius 2 is 1.50 bits per heavy atom. The van der Waals surface area contributed by atoms with Crippen LogP contribution in [0.1, 0.15) is 5.69 Å². The van der Waals surface area contributed by atoms with Gasteiger partial charge in [-0.05, 0) is 24.4 Å². The maximum absolute atomic E-state index is 3.32. The molecule has 0 aliphatic carbocycles. The van der Waals surface area contributed by atoms with Crippen LogP contribution in [-0.2, 0) is 0 Å². The fourth-order valence-corrected chi connectivity index (χ4v) is 1.48. The number of nitrogens with one attached hydrogen (secondary N) is 1. The molecule has 0 radical (unpaired) electrons. The van der Waals surface area contributed by atoms with Gasteiger partial charge in [0.05, 0.1) is 0 Å². The van der Waals surface area contributed by atoms with E-state index >= 15 is 0 Å². The summed E-state index contributed by atoms with van der Waals surface area (Å²) in [5, 5.41) is 1.23. The number of aromatic nitrogens is 1. The first kappa shape index (κ1) is 8.82. The van der Waals surface area contributed by atoms with Crippen molar-refractivity contribution in [3.63, 3.8) is 0 Å². The maximum atomic E-state index is 3.32. The van der Waals surface area contributed by atoms with Crippen LogP contribution >= 0.6 is 0 Å². The van der Waals surface area contributed by atoms with Crippen LogP contribution in [0.3, 0.4) is 0 Å². The van der Waals surface area contributed by atoms with Crippen molar-refractivity contribution >= 4 is 10.9 Å². The minimum atomic E-state index is 1.17. The Morgan fingerprint density at radius 3 is 2.29 bits per heavy atom. The molecule has 1 aromatic carbocycles. The zero-order valence-electron chi connectivity index (χ0n) is 8.20. The van der Waals surface area contributed by atoms with Crippen LogP contribution in [0.15, 0.2) is 54.6 Å². The molecule has 0 spiro atoms. The molecule has 0 aliphatic heterocycles. The third-order valence-corrected chi connectivity index (χ3v) is 2.11. The molecule has 70 valence electrons. The zero-order valence-corrected chi connectivity index (χ0v) is 8.20. The van der Waals surface area contributed by atoms with Gasteiger partial charge < -0.3 is 4.98 Å². The molecule has 0 fully saturated rings. The summed E-state index contributed by atoms with van der Waals surface area (Å²) in [6.07, 6.45) is 0. The van der Waals surface area contributed by atoms with Gasteiger partial charge in [0, 0.05) is 11.2 Å². The number of fused-ring (bicyclic) bond motifs is 1. The largest absolute Gasteiger partial charge is 0.359 e. The summed E-state index contributed by atoms with van der Waals surface area (Å²) >= 11 is 0. The second-order valence-electron chi connectivity index (χ2n) is 3.31. The van der Waals surface area contributed by atoms with Crippen molar-refractivity contribution in [2.75, 3.05) is 0 Å². The molecule has 1 heterocycles. The Morgan fingerprint density at radius 1 is 0.857 bits per heavy atom. The summed E-state index contributed by atoms with van der Waals surface area (Å²) < 4.78 is 0. The van der Waals surface area contributed by atoms with Crippen molar-refractivity contribution in [3.8, 4) is 0 Å². The predicted octanol–water partition coefficient (Wildman–Crippen LogP) is 3.60. The van der Waals surface area contributed by atoms with Crippen LogP contribution in [-0.4, -0.2) is 4.98 Å². The Bertz CT molecular complexity index is 438. The van der Waals surface area contributed by atoms with Gasteiger partial charge in [-0.15, -0.1) is 0 Å². The monoisotopic (exact) mass is 183 g/mol. The number of aromatic amines is 1. The lowest BCUT2D eigenvalue weighted by Gasteiger charge is -1.81. The molecule has 1 nitrogen and oxygen atoms in total. The highest BCUT2D eigenvalue weighted by Crippen LogP contribution is 2.11. The van der Waals surface area contributed by atoms with E-state index in [-0.39, 0.29) is 0 Å². The van der Waals surface area contributed by atoms with Crippen LogP contribution in [0.4, 0.5) is 0 Å². The first-order valence-electron chi connectivity index (χ1n) is 4.74. The molecule has 1 N–H and O–H groups in total. The molecule has 14 heavy (non-hydrogen) atoms. The van der Waals surface area contributed by atoms with Crippen LogP contribution in [0.5, 0.6) is 0 Å². The summed E-state index contributed by atoms with van der Waals surface area (Å²) in [7, 11) is 0. The van der Waals surface area contributed by atoms with Gasteiger partial charge in [-0.3, -0.25) is 0 Å². The molecule has 0 aliphatic rings. The van der Waals surface area contributed by atoms with Crippen molar-refractivity contribution in [3.05, 3.63) is 60.3 Å². The van der Waals surface area contributed by atoms with E-state index in [1.807, 2.05) is 30.3 Å². The van der Waals surface area contributed by atoms with E-state index in [4.69, 9.17) is 0 Å². The van der Waals surface area contributed by atoms with Crippen molar-refractivity contribution in [1.82, 2.24) is 4.98 Å². The van der Waals surface area contributed by atoms with Crippen molar-refractivity contribution in [2.24, 2.45) is 0 Å². The average molecular weight is 183 g/mol. The number of aryl methyl sites for hydroxylation is 1. The lowest BCUT2D eigenvalue weighted by Crippen LogP contribution is -1.64. The molecule has 0 bridgehead atoms. The SMILES string of the molecule is Cc1cc2ccccccccc2[nH]1. The van der Waals surface area contributed by atoms with E-state index in [0.717, 1.165) is 0 Å². The van der Waals surface area contributed by atoms with E-state index < -0.39 is 0 Å². The van der Waals surface area contributed by atoms with E-state index in [1.54, 1.807) is 0 Å². The van der Waals surface area contributed by atoms with Gasteiger partial charge in [0.2, 0.25) is 0 Å². The standard InChI is InChI=1S/C13H13N/c1-11-10-12-8-6-4-2-3-5-7-9-13(12)14-11/h2-10,14H,1H3. The van der Waals surface area contributed by atoms with E-state index in [9.17, 15) is 0 Å². The lowest BCUT2D eigenvalue weighted by atomic mass is 10.3. The van der Waals surface area contributed by atoms with Crippen molar-refractivity contribution in [1.29, 1.82) is 0 Å². The molecule has 1 heteroatoms. The van der Waals surface area contributed by atoms with Crippen molar-refractivity contribution in [2.45, 2.75) is 6.92 Å². The third-order valence-electron chi connectivity index (χ3n) is 2.11. The molecule has 0 saturated carbocycles. The Labute approximate surface area is 83.7 Å². The third kappa shape index (κ3) is 1.94. The second kappa shape index (κ2) is 3.97. The summed E-state index contributed by atoms with van der Waals surface area (Å²) in [6, 6.07) is 18.5. The van der Waals surface area contributed by atoms with Crippen LogP contribution in [0.2, 0.25) is 0 Å². The van der Waals surface area contributed by atoms with Gasteiger partial charge in [-0.1, -0.05) is 42.5 Å². The lowest BCUT2D eigenvalue weighted by molar-refractivity contribution is 1.30. The number of rotatable bonds is 0. The average Bonchev–Trinajstić information content (AvgIpc) is 2.52. The molecule has 0 amide bonds. The highest BCUT2D eigenvalue weighted by atomic mass is 14.7. The van der Waals surface area contributed by atoms with Crippen LogP contribution in [0.25, 0.3) is 10.9 Å². The summed E-state index contributed by atoms with van der Waals surface area (Å²) in [4.78, 5) is 3.32. The molecular formula is C13H13N. The highest BCUT2D eigenvalue weighted by molar-refractivity contribution is 5.78. The van der Waals surface area contributed by atoms with Gasteiger partial charge in [-0.25, -0.2) is 0 Å². The fraction of sp³-hybridized carbons (Fsp3) is 0.0769. The second-order valence-corrected chi connectivity index (χ2v) is 3.31. The Balaban J connectivity index is 2.75. The Kier molecular flexibility index (Phi) is 2.50. The van der Waals surface area contributed by atoms with Crippen LogP contribution < -0.4 is 0 Å². The number of hydrogen-bond acceptors (Lipinski definition) is 0.